The number of hydrogen-bond acceptors (Lipinski definition) is 1. The summed E-state index contributed by atoms with van der Waals surface area (Å²) in [5, 5.41) is 2.62. The first-order valence-corrected chi connectivity index (χ1v) is 9.50. The molecule has 122 valence electrons. The molecule has 1 saturated heterocycles. The van der Waals surface area contributed by atoms with Crippen LogP contribution in [0.5, 0.6) is 0 Å². The molecule has 0 radical (unpaired) electrons. The van der Waals surface area contributed by atoms with Gasteiger partial charge < -0.3 is 0 Å². The standard InChI is InChI=1S/C22H22BrN/c1-16(17-7-3-2-4-8-17)24-15-20(24)14-13-19-12-11-18-9-5-6-10-21(18)22(19)23/h2-12,16,20H,13-15H2,1H3/t16-,20+,24?/m1/s1. The van der Waals surface area contributed by atoms with Gasteiger partial charge in [-0.25, -0.2) is 0 Å². The highest BCUT2D eigenvalue weighted by molar-refractivity contribution is 9.10. The number of aryl methyl sites for hydroxylation is 1. The highest BCUT2D eigenvalue weighted by Gasteiger charge is 2.37. The number of benzene rings is 3. The second-order valence-corrected chi connectivity index (χ2v) is 7.53. The average molecular weight is 380 g/mol. The summed E-state index contributed by atoms with van der Waals surface area (Å²) in [5.74, 6) is 0. The number of halogens is 1. The lowest BCUT2D eigenvalue weighted by atomic mass is 10.0. The minimum absolute atomic E-state index is 0.524. The number of nitrogens with zero attached hydrogens (tertiary/aromatic N) is 1. The molecule has 3 aromatic carbocycles. The third kappa shape index (κ3) is 3.13. The molecule has 1 fully saturated rings. The fraction of sp³-hybridized carbons (Fsp3) is 0.273. The van der Waals surface area contributed by atoms with Crippen LogP contribution in [-0.2, 0) is 6.42 Å². The monoisotopic (exact) mass is 379 g/mol. The number of fused-ring (bicyclic) bond motifs is 1. The second kappa shape index (κ2) is 6.70. The highest BCUT2D eigenvalue weighted by atomic mass is 79.9. The van der Waals surface area contributed by atoms with E-state index < -0.39 is 0 Å². The summed E-state index contributed by atoms with van der Waals surface area (Å²) in [5.41, 5.74) is 2.85. The van der Waals surface area contributed by atoms with Gasteiger partial charge in [-0.15, -0.1) is 0 Å². The van der Waals surface area contributed by atoms with Crippen LogP contribution in [0.3, 0.4) is 0 Å². The lowest BCUT2D eigenvalue weighted by Gasteiger charge is -2.14. The lowest BCUT2D eigenvalue weighted by Crippen LogP contribution is -2.09. The quantitative estimate of drug-likeness (QED) is 0.492. The van der Waals surface area contributed by atoms with Gasteiger partial charge in [0.25, 0.3) is 0 Å². The third-order valence-corrected chi connectivity index (χ3v) is 6.16. The summed E-state index contributed by atoms with van der Waals surface area (Å²) in [4.78, 5) is 2.60. The van der Waals surface area contributed by atoms with E-state index in [9.17, 15) is 0 Å². The van der Waals surface area contributed by atoms with Gasteiger partial charge >= 0.3 is 0 Å². The molecule has 0 aromatic heterocycles. The summed E-state index contributed by atoms with van der Waals surface area (Å²) >= 11 is 3.82. The zero-order valence-electron chi connectivity index (χ0n) is 14.0. The van der Waals surface area contributed by atoms with Gasteiger partial charge in [0.05, 0.1) is 0 Å². The Hall–Kier alpha value is -1.64. The van der Waals surface area contributed by atoms with Gasteiger partial charge in [0, 0.05) is 23.1 Å². The predicted octanol–water partition coefficient (Wildman–Crippen LogP) is 5.98. The molecular formula is C22H22BrN. The molecule has 2 heteroatoms. The van der Waals surface area contributed by atoms with Crippen LogP contribution in [-0.4, -0.2) is 17.5 Å². The minimum Gasteiger partial charge on any atom is -0.291 e. The van der Waals surface area contributed by atoms with Crippen molar-refractivity contribution in [2.45, 2.75) is 31.8 Å². The molecule has 1 aliphatic heterocycles. The average Bonchev–Trinajstić information content (AvgIpc) is 3.41. The maximum atomic E-state index is 3.82. The Kier molecular flexibility index (Phi) is 4.43. The Labute approximate surface area is 152 Å². The van der Waals surface area contributed by atoms with E-state index in [1.807, 2.05) is 0 Å². The largest absolute Gasteiger partial charge is 0.291 e. The summed E-state index contributed by atoms with van der Waals surface area (Å²) < 4.78 is 1.27. The van der Waals surface area contributed by atoms with Gasteiger partial charge in [0.1, 0.15) is 0 Å². The molecule has 3 aromatic rings. The Morgan fingerprint density at radius 2 is 1.75 bits per heavy atom. The molecule has 4 rings (SSSR count). The summed E-state index contributed by atoms with van der Waals surface area (Å²) in [6.45, 7) is 3.54. The van der Waals surface area contributed by atoms with E-state index in [1.54, 1.807) is 0 Å². The van der Waals surface area contributed by atoms with Crippen molar-refractivity contribution in [2.75, 3.05) is 6.54 Å². The Morgan fingerprint density at radius 3 is 2.58 bits per heavy atom. The maximum Gasteiger partial charge on any atom is 0.0324 e. The number of rotatable bonds is 5. The summed E-state index contributed by atoms with van der Waals surface area (Å²) in [7, 11) is 0. The zero-order valence-corrected chi connectivity index (χ0v) is 15.5. The summed E-state index contributed by atoms with van der Waals surface area (Å²) in [6.07, 6.45) is 2.36. The van der Waals surface area contributed by atoms with Gasteiger partial charge in [-0.05, 0) is 57.6 Å². The molecule has 1 heterocycles. The van der Waals surface area contributed by atoms with Crippen LogP contribution in [0.4, 0.5) is 0 Å². The van der Waals surface area contributed by atoms with E-state index in [2.05, 4.69) is 94.5 Å². The van der Waals surface area contributed by atoms with E-state index in [4.69, 9.17) is 0 Å². The molecule has 0 saturated carbocycles. The minimum atomic E-state index is 0.524. The van der Waals surface area contributed by atoms with E-state index in [1.165, 1.54) is 39.3 Å². The van der Waals surface area contributed by atoms with Crippen molar-refractivity contribution in [1.82, 2.24) is 4.90 Å². The third-order valence-electron chi connectivity index (χ3n) is 5.23. The molecule has 0 N–H and O–H groups in total. The lowest BCUT2D eigenvalue weighted by molar-refractivity contribution is 0.398. The molecule has 1 aliphatic rings. The van der Waals surface area contributed by atoms with E-state index in [0.717, 1.165) is 12.5 Å². The van der Waals surface area contributed by atoms with Gasteiger partial charge in [-0.3, -0.25) is 4.90 Å². The van der Waals surface area contributed by atoms with Crippen molar-refractivity contribution in [3.63, 3.8) is 0 Å². The highest BCUT2D eigenvalue weighted by Crippen LogP contribution is 2.35. The van der Waals surface area contributed by atoms with Crippen LogP contribution in [0, 0.1) is 0 Å². The summed E-state index contributed by atoms with van der Waals surface area (Å²) in [6, 6.07) is 25.2. The molecule has 1 unspecified atom stereocenters. The fourth-order valence-corrected chi connectivity index (χ4v) is 4.34. The van der Waals surface area contributed by atoms with Gasteiger partial charge in [0.15, 0.2) is 0 Å². The van der Waals surface area contributed by atoms with Crippen LogP contribution in [0.1, 0.15) is 30.5 Å². The van der Waals surface area contributed by atoms with Crippen molar-refractivity contribution in [3.8, 4) is 0 Å². The molecular weight excluding hydrogens is 358 g/mol. The van der Waals surface area contributed by atoms with E-state index >= 15 is 0 Å². The van der Waals surface area contributed by atoms with Crippen molar-refractivity contribution in [2.24, 2.45) is 0 Å². The van der Waals surface area contributed by atoms with Crippen molar-refractivity contribution >= 4 is 26.7 Å². The first kappa shape index (κ1) is 15.9. The molecule has 24 heavy (non-hydrogen) atoms. The fourth-order valence-electron chi connectivity index (χ4n) is 3.64. The maximum absolute atomic E-state index is 3.82. The Balaban J connectivity index is 1.41. The van der Waals surface area contributed by atoms with Gasteiger partial charge in [-0.1, -0.05) is 66.7 Å². The molecule has 0 amide bonds. The Morgan fingerprint density at radius 1 is 1.00 bits per heavy atom. The van der Waals surface area contributed by atoms with Crippen LogP contribution < -0.4 is 0 Å². The SMILES string of the molecule is C[C@H](c1ccccc1)N1C[C@@H]1CCc1ccc2ccccc2c1Br. The topological polar surface area (TPSA) is 3.01 Å². The van der Waals surface area contributed by atoms with Crippen molar-refractivity contribution < 1.29 is 0 Å². The molecule has 0 aliphatic carbocycles. The first-order valence-electron chi connectivity index (χ1n) is 8.71. The molecule has 0 bridgehead atoms. The molecule has 0 spiro atoms. The number of hydrogen-bond donors (Lipinski definition) is 0. The molecule has 1 nitrogen and oxygen atoms in total. The normalized spacial score (nSPS) is 20.9. The zero-order chi connectivity index (χ0) is 16.5. The van der Waals surface area contributed by atoms with Crippen LogP contribution in [0.25, 0.3) is 10.8 Å². The Bertz CT molecular complexity index is 843. The van der Waals surface area contributed by atoms with Gasteiger partial charge in [0.2, 0.25) is 0 Å². The smallest absolute Gasteiger partial charge is 0.0324 e. The van der Waals surface area contributed by atoms with Crippen LogP contribution >= 0.6 is 15.9 Å². The van der Waals surface area contributed by atoms with E-state index in [0.29, 0.717) is 6.04 Å². The molecule has 3 atom stereocenters. The van der Waals surface area contributed by atoms with Crippen LogP contribution in [0.2, 0.25) is 0 Å². The van der Waals surface area contributed by atoms with Crippen LogP contribution in [0.15, 0.2) is 71.2 Å². The predicted molar refractivity (Wildman–Crippen MR) is 105 cm³/mol. The van der Waals surface area contributed by atoms with Gasteiger partial charge in [-0.2, -0.15) is 0 Å². The van der Waals surface area contributed by atoms with Crippen molar-refractivity contribution in [3.05, 3.63) is 82.3 Å². The van der Waals surface area contributed by atoms with Crippen molar-refractivity contribution in [1.29, 1.82) is 0 Å². The van der Waals surface area contributed by atoms with E-state index in [-0.39, 0.29) is 0 Å². The first-order chi connectivity index (χ1) is 11.7. The second-order valence-electron chi connectivity index (χ2n) is 6.74.